The number of nitrogens with two attached hydrogens (primary N) is 1. The fourth-order valence-corrected chi connectivity index (χ4v) is 4.64. The lowest BCUT2D eigenvalue weighted by atomic mass is 9.69. The summed E-state index contributed by atoms with van der Waals surface area (Å²) in [5.41, 5.74) is -1.41. The van der Waals surface area contributed by atoms with Gasteiger partial charge in [0.1, 0.15) is 5.82 Å². The second kappa shape index (κ2) is 6.30. The molecule has 1 aliphatic heterocycles. The molecule has 8 nitrogen and oxygen atoms in total. The molecular weight excluding hydrogens is 379 g/mol. The first-order chi connectivity index (χ1) is 13.6. The van der Waals surface area contributed by atoms with E-state index >= 15 is 4.39 Å². The Balaban J connectivity index is 1.99. The number of benzene rings is 1. The van der Waals surface area contributed by atoms with Crippen molar-refractivity contribution in [3.8, 4) is 0 Å². The van der Waals surface area contributed by atoms with E-state index < -0.39 is 27.9 Å². The summed E-state index contributed by atoms with van der Waals surface area (Å²) in [6, 6.07) is 1.09. The Morgan fingerprint density at radius 1 is 1.17 bits per heavy atom. The Morgan fingerprint density at radius 3 is 2.21 bits per heavy atom. The number of hydrogen-bond donors (Lipinski definition) is 3. The molecule has 29 heavy (non-hydrogen) atoms. The molecule has 2 fully saturated rings. The van der Waals surface area contributed by atoms with Gasteiger partial charge in [-0.3, -0.25) is 9.36 Å². The Kier molecular flexibility index (Phi) is 4.33. The lowest BCUT2D eigenvalue weighted by Gasteiger charge is -2.36. The SMILES string of the molecule is Cc1c(N2C[C@](C)(CO)[C@](C)(CO)C2)c(F)cc2c(=O)n(N)c(=O)n(C3CC3)c12. The average molecular weight is 406 g/mol. The molecule has 0 amide bonds. The molecule has 0 unspecified atom stereocenters. The van der Waals surface area contributed by atoms with E-state index in [0.717, 1.165) is 18.9 Å². The molecular formula is C20H27FN4O4. The van der Waals surface area contributed by atoms with Crippen molar-refractivity contribution in [2.24, 2.45) is 10.8 Å². The van der Waals surface area contributed by atoms with Gasteiger partial charge in [0.25, 0.3) is 5.56 Å². The van der Waals surface area contributed by atoms with Crippen LogP contribution in [0.1, 0.15) is 38.3 Å². The number of nitrogens with zero attached hydrogens (tertiary/aromatic N) is 3. The van der Waals surface area contributed by atoms with Crippen molar-refractivity contribution in [3.05, 3.63) is 38.3 Å². The molecule has 9 heteroatoms. The van der Waals surface area contributed by atoms with Crippen LogP contribution < -0.4 is 22.0 Å². The molecule has 2 aromatic rings. The zero-order valence-electron chi connectivity index (χ0n) is 16.9. The number of fused-ring (bicyclic) bond motifs is 1. The highest BCUT2D eigenvalue weighted by atomic mass is 19.1. The molecule has 1 aliphatic carbocycles. The smallest absolute Gasteiger partial charge is 0.350 e. The molecule has 1 aromatic heterocycles. The van der Waals surface area contributed by atoms with E-state index in [1.54, 1.807) is 11.8 Å². The minimum Gasteiger partial charge on any atom is -0.396 e. The summed E-state index contributed by atoms with van der Waals surface area (Å²) in [4.78, 5) is 27.0. The Morgan fingerprint density at radius 2 is 1.72 bits per heavy atom. The van der Waals surface area contributed by atoms with E-state index in [-0.39, 0.29) is 30.3 Å². The van der Waals surface area contributed by atoms with Crippen molar-refractivity contribution in [1.82, 2.24) is 9.24 Å². The summed E-state index contributed by atoms with van der Waals surface area (Å²) in [5, 5.41) is 20.0. The Hall–Kier alpha value is -2.39. The number of hydrogen-bond acceptors (Lipinski definition) is 6. The van der Waals surface area contributed by atoms with E-state index in [0.29, 0.717) is 28.8 Å². The average Bonchev–Trinajstić information content (AvgIpc) is 3.47. The first-order valence-corrected chi connectivity index (χ1v) is 9.80. The molecule has 1 aromatic carbocycles. The lowest BCUT2D eigenvalue weighted by molar-refractivity contribution is 0.00976. The van der Waals surface area contributed by atoms with Crippen LogP contribution in [0.3, 0.4) is 0 Å². The molecule has 2 atom stereocenters. The molecule has 2 aliphatic rings. The lowest BCUT2D eigenvalue weighted by Crippen LogP contribution is -2.44. The van der Waals surface area contributed by atoms with Crippen LogP contribution in [0, 0.1) is 23.6 Å². The number of aromatic nitrogens is 2. The summed E-state index contributed by atoms with van der Waals surface area (Å²) >= 11 is 0. The van der Waals surface area contributed by atoms with Crippen LogP contribution in [-0.2, 0) is 0 Å². The van der Waals surface area contributed by atoms with Gasteiger partial charge < -0.3 is 21.0 Å². The van der Waals surface area contributed by atoms with Crippen LogP contribution in [0.5, 0.6) is 0 Å². The largest absolute Gasteiger partial charge is 0.396 e. The molecule has 0 bridgehead atoms. The zero-order chi connectivity index (χ0) is 21.3. The molecule has 0 radical (unpaired) electrons. The number of nitrogen functional groups attached to an aromatic ring is 1. The van der Waals surface area contributed by atoms with Gasteiger partial charge in [-0.1, -0.05) is 13.8 Å². The third-order valence-corrected chi connectivity index (χ3v) is 7.03. The zero-order valence-corrected chi connectivity index (χ0v) is 16.9. The molecule has 2 heterocycles. The van der Waals surface area contributed by atoms with E-state index in [4.69, 9.17) is 5.84 Å². The van der Waals surface area contributed by atoms with Crippen molar-refractivity contribution in [2.75, 3.05) is 37.0 Å². The predicted molar refractivity (Wildman–Crippen MR) is 108 cm³/mol. The highest BCUT2D eigenvalue weighted by Crippen LogP contribution is 2.48. The predicted octanol–water partition coefficient (Wildman–Crippen LogP) is 0.477. The second-order valence-corrected chi connectivity index (χ2v) is 9.08. The van der Waals surface area contributed by atoms with Crippen LogP contribution in [0.2, 0.25) is 0 Å². The number of aliphatic hydroxyl groups excluding tert-OH is 2. The van der Waals surface area contributed by atoms with Gasteiger partial charge in [0.15, 0.2) is 0 Å². The molecule has 4 N–H and O–H groups in total. The molecule has 158 valence electrons. The van der Waals surface area contributed by atoms with Gasteiger partial charge in [0.05, 0.1) is 29.8 Å². The normalized spacial score (nSPS) is 27.2. The summed E-state index contributed by atoms with van der Waals surface area (Å²) in [5.74, 6) is 5.08. The van der Waals surface area contributed by atoms with E-state index in [2.05, 4.69) is 0 Å². The van der Waals surface area contributed by atoms with Crippen molar-refractivity contribution >= 4 is 16.6 Å². The topological polar surface area (TPSA) is 114 Å². The summed E-state index contributed by atoms with van der Waals surface area (Å²) < 4.78 is 17.3. The fourth-order valence-electron chi connectivity index (χ4n) is 4.64. The first-order valence-electron chi connectivity index (χ1n) is 9.80. The molecule has 1 saturated carbocycles. The maximum atomic E-state index is 15.3. The fraction of sp³-hybridized carbons (Fsp3) is 0.600. The number of aliphatic hydroxyl groups is 2. The van der Waals surface area contributed by atoms with E-state index in [1.807, 2.05) is 13.8 Å². The Bertz CT molecular complexity index is 1100. The number of halogens is 1. The molecule has 0 spiro atoms. The van der Waals surface area contributed by atoms with Crippen molar-refractivity contribution in [3.63, 3.8) is 0 Å². The van der Waals surface area contributed by atoms with E-state index in [9.17, 15) is 19.8 Å². The van der Waals surface area contributed by atoms with Gasteiger partial charge in [-0.05, 0) is 25.8 Å². The standard InChI is InChI=1S/C20H27FN4O4/c1-11-15-13(17(28)25(22)18(29)24(15)12-4-5-12)6-14(21)16(11)23-7-19(2,9-26)20(3,8-23)10-27/h6,12,26-27H,4-5,7-10,22H2,1-3H3/t19-,20+. The maximum absolute atomic E-state index is 15.3. The summed E-state index contributed by atoms with van der Waals surface area (Å²) in [7, 11) is 0. The van der Waals surface area contributed by atoms with Gasteiger partial charge in [-0.15, -0.1) is 0 Å². The third-order valence-electron chi connectivity index (χ3n) is 7.03. The van der Waals surface area contributed by atoms with Gasteiger partial charge in [0, 0.05) is 35.5 Å². The third kappa shape index (κ3) is 2.63. The van der Waals surface area contributed by atoms with Crippen molar-refractivity contribution < 1.29 is 14.6 Å². The Labute approximate surface area is 166 Å². The van der Waals surface area contributed by atoms with Gasteiger partial charge in [-0.25, -0.2) is 9.18 Å². The highest BCUT2D eigenvalue weighted by molar-refractivity contribution is 5.87. The minimum atomic E-state index is -0.725. The monoisotopic (exact) mass is 406 g/mol. The summed E-state index contributed by atoms with van der Waals surface area (Å²) in [6.07, 6.45) is 1.60. The van der Waals surface area contributed by atoms with Crippen molar-refractivity contribution in [1.29, 1.82) is 0 Å². The van der Waals surface area contributed by atoms with Crippen LogP contribution in [-0.4, -0.2) is 45.8 Å². The number of rotatable bonds is 4. The number of anilines is 1. The number of aryl methyl sites for hydroxylation is 1. The van der Waals surface area contributed by atoms with Gasteiger partial charge in [0.2, 0.25) is 0 Å². The maximum Gasteiger partial charge on any atom is 0.350 e. The highest BCUT2D eigenvalue weighted by Gasteiger charge is 2.52. The molecule has 4 rings (SSSR count). The minimum absolute atomic E-state index is 0.0543. The quantitative estimate of drug-likeness (QED) is 0.637. The van der Waals surface area contributed by atoms with Crippen LogP contribution >= 0.6 is 0 Å². The van der Waals surface area contributed by atoms with E-state index in [1.165, 1.54) is 4.57 Å². The van der Waals surface area contributed by atoms with Crippen LogP contribution in [0.4, 0.5) is 10.1 Å². The second-order valence-electron chi connectivity index (χ2n) is 9.08. The van der Waals surface area contributed by atoms with Gasteiger partial charge in [-0.2, -0.15) is 4.68 Å². The molecule has 1 saturated heterocycles. The van der Waals surface area contributed by atoms with Gasteiger partial charge >= 0.3 is 5.69 Å². The first kappa shape index (κ1) is 19.9. The summed E-state index contributed by atoms with van der Waals surface area (Å²) in [6.45, 7) is 5.80. The van der Waals surface area contributed by atoms with Crippen molar-refractivity contribution in [2.45, 2.75) is 39.7 Å². The van der Waals surface area contributed by atoms with Crippen LogP contribution in [0.15, 0.2) is 15.7 Å². The van der Waals surface area contributed by atoms with Crippen LogP contribution in [0.25, 0.3) is 10.9 Å².